The number of benzene rings is 4. The minimum Gasteiger partial charge on any atom is -0.313 e. The Kier molecular flexibility index (Phi) is 3.98. The predicted molar refractivity (Wildman–Crippen MR) is 117 cm³/mol. The quantitative estimate of drug-likeness (QED) is 0.418. The molecule has 2 heterocycles. The maximum absolute atomic E-state index is 6.84. The molecule has 6 rings (SSSR count). The third-order valence-corrected chi connectivity index (χ3v) is 6.01. The Morgan fingerprint density at radius 1 is 0.600 bits per heavy atom. The Morgan fingerprint density at radius 3 is 1.87 bits per heavy atom. The van der Waals surface area contributed by atoms with Gasteiger partial charge in [-0.15, -0.1) is 0 Å². The van der Waals surface area contributed by atoms with Gasteiger partial charge in [0.15, 0.2) is 6.23 Å². The van der Waals surface area contributed by atoms with Crippen LogP contribution in [-0.4, -0.2) is 0 Å². The topological polar surface area (TPSA) is 21.7 Å². The summed E-state index contributed by atoms with van der Waals surface area (Å²) in [5, 5.41) is 1.93. The van der Waals surface area contributed by atoms with E-state index in [-0.39, 0.29) is 12.1 Å². The van der Waals surface area contributed by atoms with Gasteiger partial charge >= 0.3 is 0 Å². The molecule has 0 N–H and O–H groups in total. The molecule has 3 heteroatoms. The van der Waals surface area contributed by atoms with E-state index in [1.807, 2.05) is 47.5 Å². The first-order valence-corrected chi connectivity index (χ1v) is 10.3. The molecular formula is C27H21NO2. The fourth-order valence-electron chi connectivity index (χ4n) is 4.71. The monoisotopic (exact) mass is 391 g/mol. The molecule has 0 aromatic heterocycles. The van der Waals surface area contributed by atoms with Gasteiger partial charge in [0.05, 0.1) is 11.6 Å². The average molecular weight is 391 g/mol. The molecule has 0 saturated carbocycles. The normalized spacial score (nSPS) is 24.5. The van der Waals surface area contributed by atoms with Crippen molar-refractivity contribution in [3.63, 3.8) is 0 Å². The van der Waals surface area contributed by atoms with Crippen LogP contribution in [0.25, 0.3) is 0 Å². The molecule has 2 aliphatic rings. The molecule has 3 unspecified atom stereocenters. The van der Waals surface area contributed by atoms with E-state index in [1.54, 1.807) is 0 Å². The summed E-state index contributed by atoms with van der Waals surface area (Å²) < 4.78 is 6.84. The highest BCUT2D eigenvalue weighted by Crippen LogP contribution is 2.59. The number of para-hydroxylation sites is 1. The third kappa shape index (κ3) is 2.53. The lowest BCUT2D eigenvalue weighted by Crippen LogP contribution is -2.38. The summed E-state index contributed by atoms with van der Waals surface area (Å²) in [5.41, 5.74) is 5.53. The van der Waals surface area contributed by atoms with Crippen molar-refractivity contribution < 1.29 is 9.57 Å². The summed E-state index contributed by atoms with van der Waals surface area (Å²) in [7, 11) is 0. The van der Waals surface area contributed by atoms with Crippen LogP contribution in [0.3, 0.4) is 0 Å². The van der Waals surface area contributed by atoms with Crippen molar-refractivity contribution in [2.45, 2.75) is 17.9 Å². The van der Waals surface area contributed by atoms with E-state index in [1.165, 1.54) is 11.1 Å². The van der Waals surface area contributed by atoms with Gasteiger partial charge in [-0.1, -0.05) is 103 Å². The zero-order valence-corrected chi connectivity index (χ0v) is 16.4. The second-order valence-corrected chi connectivity index (χ2v) is 7.73. The van der Waals surface area contributed by atoms with E-state index in [9.17, 15) is 0 Å². The van der Waals surface area contributed by atoms with Crippen molar-refractivity contribution in [1.82, 2.24) is 0 Å². The molecule has 0 spiro atoms. The van der Waals surface area contributed by atoms with E-state index in [0.717, 1.165) is 16.8 Å². The molecule has 0 amide bonds. The van der Waals surface area contributed by atoms with Crippen LogP contribution in [0.15, 0.2) is 115 Å². The van der Waals surface area contributed by atoms with Gasteiger partial charge in [-0.05, 0) is 23.3 Å². The molecule has 3 atom stereocenters. The number of anilines is 1. The zero-order valence-electron chi connectivity index (χ0n) is 16.4. The molecule has 3 nitrogen and oxygen atoms in total. The molecule has 0 radical (unpaired) electrons. The Hall–Kier alpha value is -3.40. The summed E-state index contributed by atoms with van der Waals surface area (Å²) in [6.45, 7) is 0. The van der Waals surface area contributed by atoms with Gasteiger partial charge in [-0.25, -0.2) is 9.90 Å². The zero-order chi connectivity index (χ0) is 20.0. The van der Waals surface area contributed by atoms with Crippen LogP contribution < -0.4 is 5.06 Å². The lowest BCUT2D eigenvalue weighted by molar-refractivity contribution is -0.197. The molecule has 2 bridgehead atoms. The van der Waals surface area contributed by atoms with Gasteiger partial charge in [0.25, 0.3) is 0 Å². The van der Waals surface area contributed by atoms with E-state index >= 15 is 0 Å². The molecular weight excluding hydrogens is 370 g/mol. The number of fused-ring (bicyclic) bond motifs is 4. The second kappa shape index (κ2) is 6.84. The van der Waals surface area contributed by atoms with Crippen LogP contribution in [0, 0.1) is 0 Å². The molecule has 4 aromatic carbocycles. The number of nitrogens with zero attached hydrogens (tertiary/aromatic N) is 1. The van der Waals surface area contributed by atoms with Gasteiger partial charge in [-0.3, -0.25) is 0 Å². The van der Waals surface area contributed by atoms with Gasteiger partial charge < -0.3 is 4.74 Å². The predicted octanol–water partition coefficient (Wildman–Crippen LogP) is 6.15. The van der Waals surface area contributed by atoms with Crippen LogP contribution in [0.2, 0.25) is 0 Å². The van der Waals surface area contributed by atoms with Gasteiger partial charge in [-0.2, -0.15) is 0 Å². The summed E-state index contributed by atoms with van der Waals surface area (Å²) >= 11 is 0. The van der Waals surface area contributed by atoms with Crippen LogP contribution in [0.5, 0.6) is 0 Å². The highest BCUT2D eigenvalue weighted by molar-refractivity contribution is 5.53. The molecule has 0 aliphatic carbocycles. The Balaban J connectivity index is 1.62. The molecule has 1 fully saturated rings. The average Bonchev–Trinajstić information content (AvgIpc) is 3.18. The Bertz CT molecular complexity index is 1160. The number of hydrogen-bond acceptors (Lipinski definition) is 3. The van der Waals surface area contributed by atoms with Gasteiger partial charge in [0.2, 0.25) is 5.79 Å². The minimum atomic E-state index is -0.947. The summed E-state index contributed by atoms with van der Waals surface area (Å²) in [4.78, 5) is 6.81. The minimum absolute atomic E-state index is 0.0951. The second-order valence-electron chi connectivity index (χ2n) is 7.73. The van der Waals surface area contributed by atoms with Crippen LogP contribution >= 0.6 is 0 Å². The largest absolute Gasteiger partial charge is 0.313 e. The van der Waals surface area contributed by atoms with Crippen molar-refractivity contribution in [3.05, 3.63) is 138 Å². The number of hydroxylamine groups is 1. The Morgan fingerprint density at radius 2 is 1.17 bits per heavy atom. The SMILES string of the molecule is c1ccc(C2c3ccccc3C3OC2(c2ccccc2)ON3c2ccccc2)cc1. The van der Waals surface area contributed by atoms with Crippen LogP contribution in [-0.2, 0) is 15.4 Å². The van der Waals surface area contributed by atoms with Crippen molar-refractivity contribution in [2.75, 3.05) is 5.06 Å². The van der Waals surface area contributed by atoms with Crippen molar-refractivity contribution >= 4 is 5.69 Å². The molecule has 1 saturated heterocycles. The van der Waals surface area contributed by atoms with Gasteiger partial charge in [0.1, 0.15) is 0 Å². The summed E-state index contributed by atoms with van der Waals surface area (Å²) in [5.74, 6) is -1.04. The standard InChI is InChI=1S/C27H21NO2/c1-4-12-20(13-5-1)25-23-18-10-11-19-24(23)26-28(22-16-8-3-9-17-22)30-27(25,29-26)21-14-6-2-7-15-21/h1-19,25-26H. The highest BCUT2D eigenvalue weighted by atomic mass is 16.9. The lowest BCUT2D eigenvalue weighted by atomic mass is 9.77. The third-order valence-electron chi connectivity index (χ3n) is 6.01. The van der Waals surface area contributed by atoms with E-state index in [4.69, 9.17) is 9.57 Å². The summed E-state index contributed by atoms with van der Waals surface area (Å²) in [6.07, 6.45) is -0.316. The van der Waals surface area contributed by atoms with Crippen LogP contribution in [0.1, 0.15) is 34.4 Å². The van der Waals surface area contributed by atoms with Gasteiger partial charge in [0, 0.05) is 11.1 Å². The van der Waals surface area contributed by atoms with E-state index in [2.05, 4.69) is 72.8 Å². The number of ether oxygens (including phenoxy) is 1. The van der Waals surface area contributed by atoms with Crippen molar-refractivity contribution in [3.8, 4) is 0 Å². The number of hydrogen-bond donors (Lipinski definition) is 0. The fourth-order valence-corrected chi connectivity index (χ4v) is 4.71. The van der Waals surface area contributed by atoms with Crippen molar-refractivity contribution in [1.29, 1.82) is 0 Å². The summed E-state index contributed by atoms with van der Waals surface area (Å²) in [6, 6.07) is 39.5. The first-order chi connectivity index (χ1) is 14.9. The molecule has 146 valence electrons. The first kappa shape index (κ1) is 17.5. The fraction of sp³-hybridized carbons (Fsp3) is 0.111. The maximum atomic E-state index is 6.84. The Labute approximate surface area is 176 Å². The molecule has 2 aliphatic heterocycles. The highest BCUT2D eigenvalue weighted by Gasteiger charge is 2.59. The van der Waals surface area contributed by atoms with E-state index in [0.29, 0.717) is 0 Å². The van der Waals surface area contributed by atoms with Crippen molar-refractivity contribution in [2.24, 2.45) is 0 Å². The molecule has 30 heavy (non-hydrogen) atoms. The lowest BCUT2D eigenvalue weighted by Gasteiger charge is -2.39. The van der Waals surface area contributed by atoms with Crippen LogP contribution in [0.4, 0.5) is 5.69 Å². The first-order valence-electron chi connectivity index (χ1n) is 10.3. The number of rotatable bonds is 3. The maximum Gasteiger partial charge on any atom is 0.233 e. The van der Waals surface area contributed by atoms with E-state index < -0.39 is 5.79 Å². The molecule has 4 aromatic rings. The smallest absolute Gasteiger partial charge is 0.233 e.